The van der Waals surface area contributed by atoms with E-state index in [0.717, 1.165) is 0 Å². The quantitative estimate of drug-likeness (QED) is 0.627. The number of carbonyl (C=O) groups is 1. The zero-order chi connectivity index (χ0) is 14.1. The van der Waals surface area contributed by atoms with Crippen molar-refractivity contribution in [2.45, 2.75) is 38.6 Å². The maximum atomic E-state index is 11.6. The first-order valence-corrected chi connectivity index (χ1v) is 6.71. The van der Waals surface area contributed by atoms with Gasteiger partial charge in [0.1, 0.15) is 0 Å². The maximum Gasteiger partial charge on any atom is 0.220 e. The predicted octanol–water partition coefficient (Wildman–Crippen LogP) is 0.697. The van der Waals surface area contributed by atoms with Crippen molar-refractivity contribution in [2.75, 3.05) is 40.1 Å². The van der Waals surface area contributed by atoms with E-state index in [2.05, 4.69) is 5.32 Å². The summed E-state index contributed by atoms with van der Waals surface area (Å²) in [7, 11) is 1.64. The zero-order valence-corrected chi connectivity index (χ0v) is 12.1. The molecule has 0 bridgehead atoms. The van der Waals surface area contributed by atoms with Crippen LogP contribution in [-0.2, 0) is 23.7 Å². The van der Waals surface area contributed by atoms with Crippen LogP contribution in [0.2, 0.25) is 0 Å². The molecule has 6 heteroatoms. The molecule has 0 aromatic rings. The molecule has 1 rings (SSSR count). The summed E-state index contributed by atoms with van der Waals surface area (Å²) in [5.41, 5.74) is 0. The van der Waals surface area contributed by atoms with E-state index in [1.165, 1.54) is 0 Å². The molecular weight excluding hydrogens is 250 g/mol. The van der Waals surface area contributed by atoms with Gasteiger partial charge in [0.05, 0.1) is 32.5 Å². The summed E-state index contributed by atoms with van der Waals surface area (Å²) in [5, 5.41) is 2.80. The van der Waals surface area contributed by atoms with Crippen molar-refractivity contribution in [3.05, 3.63) is 0 Å². The van der Waals surface area contributed by atoms with Crippen LogP contribution in [0.25, 0.3) is 0 Å². The lowest BCUT2D eigenvalue weighted by Gasteiger charge is -2.21. The largest absolute Gasteiger partial charge is 0.379 e. The van der Waals surface area contributed by atoms with Crippen molar-refractivity contribution in [3.63, 3.8) is 0 Å². The molecule has 1 heterocycles. The molecule has 0 aromatic heterocycles. The lowest BCUT2D eigenvalue weighted by Crippen LogP contribution is -2.32. The van der Waals surface area contributed by atoms with Gasteiger partial charge in [-0.25, -0.2) is 0 Å². The molecule has 1 unspecified atom stereocenters. The Labute approximate surface area is 114 Å². The molecule has 0 aromatic carbocycles. The SMILES string of the molecule is COC(C)COCCNC(=O)CCC1(C)OCCO1. The second kappa shape index (κ2) is 8.47. The Morgan fingerprint density at radius 1 is 1.42 bits per heavy atom. The Balaban J connectivity index is 1.99. The van der Waals surface area contributed by atoms with Gasteiger partial charge in [0.15, 0.2) is 5.79 Å². The van der Waals surface area contributed by atoms with Gasteiger partial charge in [0.25, 0.3) is 0 Å². The molecular formula is C13H25NO5. The third kappa shape index (κ3) is 6.87. The summed E-state index contributed by atoms with van der Waals surface area (Å²) < 4.78 is 21.3. The second-order valence-corrected chi connectivity index (χ2v) is 4.80. The van der Waals surface area contributed by atoms with Gasteiger partial charge in [0.2, 0.25) is 5.91 Å². The lowest BCUT2D eigenvalue weighted by molar-refractivity contribution is -0.152. The number of methoxy groups -OCH3 is 1. The normalized spacial score (nSPS) is 19.3. The molecule has 0 spiro atoms. The van der Waals surface area contributed by atoms with Crippen molar-refractivity contribution < 1.29 is 23.7 Å². The standard InChI is InChI=1S/C13H25NO5/c1-11(16-3)10-17-7-6-14-12(15)4-5-13(2)18-8-9-19-13/h11H,4-10H2,1-3H3,(H,14,15). The Kier molecular flexibility index (Phi) is 7.30. The van der Waals surface area contributed by atoms with E-state index >= 15 is 0 Å². The van der Waals surface area contributed by atoms with Gasteiger partial charge in [-0.1, -0.05) is 0 Å². The number of hydrogen-bond acceptors (Lipinski definition) is 5. The molecule has 1 N–H and O–H groups in total. The molecule has 6 nitrogen and oxygen atoms in total. The first kappa shape index (κ1) is 16.4. The molecule has 1 aliphatic heterocycles. The summed E-state index contributed by atoms with van der Waals surface area (Å²) in [4.78, 5) is 11.6. The van der Waals surface area contributed by atoms with Gasteiger partial charge in [-0.2, -0.15) is 0 Å². The highest BCUT2D eigenvalue weighted by Crippen LogP contribution is 2.23. The number of carbonyl (C=O) groups excluding carboxylic acids is 1. The Morgan fingerprint density at radius 3 is 2.74 bits per heavy atom. The fourth-order valence-corrected chi connectivity index (χ4v) is 1.71. The molecule has 112 valence electrons. The fourth-order valence-electron chi connectivity index (χ4n) is 1.71. The van der Waals surface area contributed by atoms with Crippen LogP contribution in [0, 0.1) is 0 Å². The Hall–Kier alpha value is -0.690. The summed E-state index contributed by atoms with van der Waals surface area (Å²) in [6.07, 6.45) is 1.04. The van der Waals surface area contributed by atoms with Gasteiger partial charge in [-0.3, -0.25) is 4.79 Å². The summed E-state index contributed by atoms with van der Waals surface area (Å²) in [6.45, 7) is 6.53. The van der Waals surface area contributed by atoms with Gasteiger partial charge in [-0.05, 0) is 13.8 Å². The van der Waals surface area contributed by atoms with E-state index in [1.807, 2.05) is 13.8 Å². The van der Waals surface area contributed by atoms with E-state index in [4.69, 9.17) is 18.9 Å². The number of hydrogen-bond donors (Lipinski definition) is 1. The van der Waals surface area contributed by atoms with E-state index in [1.54, 1.807) is 7.11 Å². The average molecular weight is 275 g/mol. The van der Waals surface area contributed by atoms with Crippen molar-refractivity contribution in [1.82, 2.24) is 5.32 Å². The summed E-state index contributed by atoms with van der Waals surface area (Å²) in [6, 6.07) is 0. The van der Waals surface area contributed by atoms with Crippen molar-refractivity contribution >= 4 is 5.91 Å². The minimum Gasteiger partial charge on any atom is -0.379 e. The van der Waals surface area contributed by atoms with Gasteiger partial charge in [0, 0.05) is 26.5 Å². The number of amides is 1. The summed E-state index contributed by atoms with van der Waals surface area (Å²) in [5.74, 6) is -0.606. The highest BCUT2D eigenvalue weighted by Gasteiger charge is 2.31. The smallest absolute Gasteiger partial charge is 0.220 e. The van der Waals surface area contributed by atoms with Crippen LogP contribution >= 0.6 is 0 Å². The second-order valence-electron chi connectivity index (χ2n) is 4.80. The van der Waals surface area contributed by atoms with Crippen LogP contribution < -0.4 is 5.32 Å². The van der Waals surface area contributed by atoms with E-state index < -0.39 is 5.79 Å². The number of nitrogens with one attached hydrogen (secondary N) is 1. The first-order chi connectivity index (χ1) is 9.06. The lowest BCUT2D eigenvalue weighted by atomic mass is 10.1. The molecule has 19 heavy (non-hydrogen) atoms. The number of rotatable bonds is 9. The number of ether oxygens (including phenoxy) is 4. The first-order valence-electron chi connectivity index (χ1n) is 6.71. The molecule has 1 saturated heterocycles. The monoisotopic (exact) mass is 275 g/mol. The highest BCUT2D eigenvalue weighted by atomic mass is 16.7. The van der Waals surface area contributed by atoms with Crippen LogP contribution in [0.3, 0.4) is 0 Å². The van der Waals surface area contributed by atoms with Crippen LogP contribution in [0.1, 0.15) is 26.7 Å². The van der Waals surface area contributed by atoms with Gasteiger partial charge >= 0.3 is 0 Å². The highest BCUT2D eigenvalue weighted by molar-refractivity contribution is 5.75. The Bertz CT molecular complexity index is 266. The van der Waals surface area contributed by atoms with E-state index in [9.17, 15) is 4.79 Å². The topological polar surface area (TPSA) is 66.0 Å². The maximum absolute atomic E-state index is 11.6. The third-order valence-electron chi connectivity index (χ3n) is 3.03. The minimum atomic E-state index is -0.595. The van der Waals surface area contributed by atoms with Crippen LogP contribution in [0.15, 0.2) is 0 Å². The van der Waals surface area contributed by atoms with E-state index in [0.29, 0.717) is 45.8 Å². The van der Waals surface area contributed by atoms with Crippen molar-refractivity contribution in [1.29, 1.82) is 0 Å². The van der Waals surface area contributed by atoms with Crippen LogP contribution in [-0.4, -0.2) is 57.9 Å². The molecule has 1 atom stereocenters. The van der Waals surface area contributed by atoms with Crippen molar-refractivity contribution in [3.8, 4) is 0 Å². The molecule has 1 fully saturated rings. The molecule has 0 saturated carbocycles. The third-order valence-corrected chi connectivity index (χ3v) is 3.03. The van der Waals surface area contributed by atoms with Gasteiger partial charge < -0.3 is 24.3 Å². The average Bonchev–Trinajstić information content (AvgIpc) is 2.83. The molecule has 0 radical (unpaired) electrons. The molecule has 1 aliphatic rings. The summed E-state index contributed by atoms with van der Waals surface area (Å²) >= 11 is 0. The van der Waals surface area contributed by atoms with E-state index in [-0.39, 0.29) is 12.0 Å². The van der Waals surface area contributed by atoms with Gasteiger partial charge in [-0.15, -0.1) is 0 Å². The minimum absolute atomic E-state index is 0.0104. The molecule has 0 aliphatic carbocycles. The fraction of sp³-hybridized carbons (Fsp3) is 0.923. The van der Waals surface area contributed by atoms with Crippen LogP contribution in [0.4, 0.5) is 0 Å². The zero-order valence-electron chi connectivity index (χ0n) is 12.1. The molecule has 1 amide bonds. The van der Waals surface area contributed by atoms with Crippen molar-refractivity contribution in [2.24, 2.45) is 0 Å². The Morgan fingerprint density at radius 2 is 2.11 bits per heavy atom. The van der Waals surface area contributed by atoms with Crippen LogP contribution in [0.5, 0.6) is 0 Å². The predicted molar refractivity (Wildman–Crippen MR) is 69.8 cm³/mol.